The van der Waals surface area contributed by atoms with Gasteiger partial charge >= 0.3 is 5.97 Å². The fourth-order valence-corrected chi connectivity index (χ4v) is 2.58. The zero-order chi connectivity index (χ0) is 11.5. The normalized spacial score (nSPS) is 10.6. The summed E-state index contributed by atoms with van der Waals surface area (Å²) >= 11 is 2.80. The number of aromatic nitrogens is 2. The van der Waals surface area contributed by atoms with E-state index in [1.807, 2.05) is 6.92 Å². The van der Waals surface area contributed by atoms with Gasteiger partial charge < -0.3 is 9.52 Å². The van der Waals surface area contributed by atoms with Crippen LogP contribution in [0, 0.1) is 6.92 Å². The van der Waals surface area contributed by atoms with Crippen molar-refractivity contribution < 1.29 is 14.3 Å². The van der Waals surface area contributed by atoms with Crippen molar-refractivity contribution in [3.05, 3.63) is 29.5 Å². The van der Waals surface area contributed by atoms with E-state index in [1.54, 1.807) is 0 Å². The second-order valence-corrected chi connectivity index (χ2v) is 4.98. The van der Waals surface area contributed by atoms with Crippen LogP contribution in [-0.4, -0.2) is 20.4 Å². The predicted molar refractivity (Wildman–Crippen MR) is 59.9 cm³/mol. The van der Waals surface area contributed by atoms with Crippen LogP contribution in [0.25, 0.3) is 0 Å². The SMILES string of the molecule is Cc1nsc(SCc2cc(C(=O)O)co2)n1. The van der Waals surface area contributed by atoms with Gasteiger partial charge in [0.2, 0.25) is 0 Å². The van der Waals surface area contributed by atoms with Crippen LogP contribution < -0.4 is 0 Å². The fourth-order valence-electron chi connectivity index (χ4n) is 1.04. The second kappa shape index (κ2) is 4.67. The maximum Gasteiger partial charge on any atom is 0.338 e. The van der Waals surface area contributed by atoms with E-state index in [0.29, 0.717) is 11.5 Å². The number of aromatic carboxylic acids is 1. The average Bonchev–Trinajstić information content (AvgIpc) is 2.83. The first-order chi connectivity index (χ1) is 7.65. The number of hydrogen-bond acceptors (Lipinski definition) is 6. The lowest BCUT2D eigenvalue weighted by Crippen LogP contribution is -1.91. The zero-order valence-corrected chi connectivity index (χ0v) is 9.97. The van der Waals surface area contributed by atoms with Gasteiger partial charge in [-0.25, -0.2) is 9.78 Å². The molecule has 7 heteroatoms. The first-order valence-corrected chi connectivity index (χ1v) is 6.15. The van der Waals surface area contributed by atoms with Crippen LogP contribution in [0.3, 0.4) is 0 Å². The molecule has 0 bridgehead atoms. The number of rotatable bonds is 4. The number of hydrogen-bond donors (Lipinski definition) is 1. The van der Waals surface area contributed by atoms with Gasteiger partial charge in [-0.15, -0.1) is 0 Å². The summed E-state index contributed by atoms with van der Waals surface area (Å²) in [6.45, 7) is 1.83. The van der Waals surface area contributed by atoms with Gasteiger partial charge in [0, 0.05) is 0 Å². The third-order valence-corrected chi connectivity index (χ3v) is 3.69. The number of nitrogens with zero attached hydrogens (tertiary/aromatic N) is 2. The first-order valence-electron chi connectivity index (χ1n) is 4.39. The van der Waals surface area contributed by atoms with E-state index < -0.39 is 5.97 Å². The minimum atomic E-state index is -0.980. The molecule has 16 heavy (non-hydrogen) atoms. The van der Waals surface area contributed by atoms with Crippen LogP contribution >= 0.6 is 23.3 Å². The van der Waals surface area contributed by atoms with Crippen molar-refractivity contribution in [3.8, 4) is 0 Å². The Bertz CT molecular complexity index is 506. The molecule has 0 amide bonds. The highest BCUT2D eigenvalue weighted by molar-refractivity contribution is 8.00. The van der Waals surface area contributed by atoms with Crippen molar-refractivity contribution in [1.82, 2.24) is 9.36 Å². The third-order valence-electron chi connectivity index (χ3n) is 1.75. The molecule has 0 fully saturated rings. The highest BCUT2D eigenvalue weighted by Gasteiger charge is 2.09. The topological polar surface area (TPSA) is 76.2 Å². The standard InChI is InChI=1S/C9H8N2O3S2/c1-5-10-9(16-11-5)15-4-7-2-6(3-14-7)8(12)13/h2-3H,4H2,1H3,(H,12,13). The molecule has 5 nitrogen and oxygen atoms in total. The van der Waals surface area contributed by atoms with Crippen molar-refractivity contribution in [2.24, 2.45) is 0 Å². The van der Waals surface area contributed by atoms with Crippen molar-refractivity contribution in [3.63, 3.8) is 0 Å². The summed E-state index contributed by atoms with van der Waals surface area (Å²) < 4.78 is 10.0. The summed E-state index contributed by atoms with van der Waals surface area (Å²) in [7, 11) is 0. The molecule has 84 valence electrons. The van der Waals surface area contributed by atoms with Gasteiger partial charge in [0.05, 0.1) is 11.3 Å². The van der Waals surface area contributed by atoms with Gasteiger partial charge in [-0.3, -0.25) is 0 Å². The van der Waals surface area contributed by atoms with Gasteiger partial charge in [-0.1, -0.05) is 11.8 Å². The van der Waals surface area contributed by atoms with E-state index in [2.05, 4.69) is 9.36 Å². The molecule has 0 aromatic carbocycles. The molecule has 0 spiro atoms. The molecule has 0 aliphatic heterocycles. The van der Waals surface area contributed by atoms with Crippen LogP contribution in [0.2, 0.25) is 0 Å². The predicted octanol–water partition coefficient (Wildman–Crippen LogP) is 2.43. The van der Waals surface area contributed by atoms with Crippen LogP contribution in [0.4, 0.5) is 0 Å². The number of carboxylic acid groups (broad SMARTS) is 1. The number of thioether (sulfide) groups is 1. The molecule has 0 saturated heterocycles. The number of carboxylic acids is 1. The summed E-state index contributed by atoms with van der Waals surface area (Å²) in [5.74, 6) is 0.947. The molecule has 0 atom stereocenters. The zero-order valence-electron chi connectivity index (χ0n) is 8.34. The Balaban J connectivity index is 1.97. The molecule has 0 aliphatic carbocycles. The van der Waals surface area contributed by atoms with Gasteiger partial charge in [0.15, 0.2) is 4.34 Å². The molecule has 0 radical (unpaired) electrons. The molecule has 2 rings (SSSR count). The van der Waals surface area contributed by atoms with E-state index in [-0.39, 0.29) is 5.56 Å². The van der Waals surface area contributed by atoms with Gasteiger partial charge in [0.25, 0.3) is 0 Å². The van der Waals surface area contributed by atoms with Crippen molar-refractivity contribution in [2.45, 2.75) is 17.0 Å². The van der Waals surface area contributed by atoms with Gasteiger partial charge in [-0.05, 0) is 24.5 Å². The molecule has 0 saturated carbocycles. The Kier molecular flexibility index (Phi) is 3.25. The van der Waals surface area contributed by atoms with E-state index in [4.69, 9.17) is 9.52 Å². The lowest BCUT2D eigenvalue weighted by Gasteiger charge is -1.91. The summed E-state index contributed by atoms with van der Waals surface area (Å²) in [5.41, 5.74) is 0.170. The third kappa shape index (κ3) is 2.61. The highest BCUT2D eigenvalue weighted by atomic mass is 32.2. The summed E-state index contributed by atoms with van der Waals surface area (Å²) in [4.78, 5) is 14.8. The Hall–Kier alpha value is -1.34. The molecule has 0 unspecified atom stereocenters. The maximum atomic E-state index is 10.6. The second-order valence-electron chi connectivity index (χ2n) is 3.00. The largest absolute Gasteiger partial charge is 0.478 e. The Morgan fingerprint density at radius 1 is 1.69 bits per heavy atom. The Labute approximate surface area is 99.7 Å². The van der Waals surface area contributed by atoms with E-state index in [0.717, 1.165) is 10.2 Å². The minimum Gasteiger partial charge on any atom is -0.478 e. The van der Waals surface area contributed by atoms with E-state index in [1.165, 1.54) is 35.6 Å². The molecular weight excluding hydrogens is 248 g/mol. The van der Waals surface area contributed by atoms with Gasteiger partial charge in [0.1, 0.15) is 17.8 Å². The summed E-state index contributed by atoms with van der Waals surface area (Å²) in [6, 6.07) is 1.52. The van der Waals surface area contributed by atoms with Crippen molar-refractivity contribution >= 4 is 29.3 Å². The lowest BCUT2D eigenvalue weighted by atomic mass is 10.3. The number of furan rings is 1. The molecule has 2 heterocycles. The quantitative estimate of drug-likeness (QED) is 0.847. The van der Waals surface area contributed by atoms with E-state index in [9.17, 15) is 4.79 Å². The lowest BCUT2D eigenvalue weighted by molar-refractivity contribution is 0.0696. The van der Waals surface area contributed by atoms with E-state index >= 15 is 0 Å². The van der Waals surface area contributed by atoms with Crippen molar-refractivity contribution in [2.75, 3.05) is 0 Å². The van der Waals surface area contributed by atoms with Crippen LogP contribution in [0.1, 0.15) is 21.9 Å². The monoisotopic (exact) mass is 256 g/mol. The Morgan fingerprint density at radius 2 is 2.50 bits per heavy atom. The molecule has 2 aromatic rings. The van der Waals surface area contributed by atoms with Crippen LogP contribution in [-0.2, 0) is 5.75 Å². The highest BCUT2D eigenvalue weighted by Crippen LogP contribution is 2.25. The van der Waals surface area contributed by atoms with Crippen LogP contribution in [0.15, 0.2) is 21.1 Å². The van der Waals surface area contributed by atoms with Gasteiger partial charge in [-0.2, -0.15) is 4.37 Å². The fraction of sp³-hybridized carbons (Fsp3) is 0.222. The summed E-state index contributed by atoms with van der Waals surface area (Å²) in [6.07, 6.45) is 1.24. The molecular formula is C9H8N2O3S2. The number of carbonyl (C=O) groups is 1. The minimum absolute atomic E-state index is 0.170. The number of aryl methyl sites for hydroxylation is 1. The van der Waals surface area contributed by atoms with Crippen LogP contribution in [0.5, 0.6) is 0 Å². The smallest absolute Gasteiger partial charge is 0.338 e. The summed E-state index contributed by atoms with van der Waals surface area (Å²) in [5, 5.41) is 8.70. The maximum absolute atomic E-state index is 10.6. The molecule has 0 aliphatic rings. The first kappa shape index (κ1) is 11.2. The molecule has 1 N–H and O–H groups in total. The van der Waals surface area contributed by atoms with Crippen molar-refractivity contribution in [1.29, 1.82) is 0 Å². The molecule has 2 aromatic heterocycles. The average molecular weight is 256 g/mol. The Morgan fingerprint density at radius 3 is 3.06 bits per heavy atom.